The van der Waals surface area contributed by atoms with E-state index < -0.39 is 23.9 Å². The summed E-state index contributed by atoms with van der Waals surface area (Å²) < 4.78 is 22.5. The number of hydrogen-bond donors (Lipinski definition) is 1. The number of carbonyl (C=O) groups is 3. The number of rotatable bonds is 8. The molecule has 2 aliphatic heterocycles. The van der Waals surface area contributed by atoms with Gasteiger partial charge in [0.05, 0.1) is 39.3 Å². The fourth-order valence-corrected chi connectivity index (χ4v) is 5.02. The second-order valence-electron chi connectivity index (χ2n) is 10.8. The van der Waals surface area contributed by atoms with Crippen LogP contribution < -0.4 is 14.8 Å². The Balaban J connectivity index is 1.50. The summed E-state index contributed by atoms with van der Waals surface area (Å²) in [6.07, 6.45) is -1.54. The summed E-state index contributed by atoms with van der Waals surface area (Å²) in [5.74, 6) is 0.559. The van der Waals surface area contributed by atoms with Crippen LogP contribution in [0.25, 0.3) is 0 Å². The molecular weight excluding hydrogens is 538 g/mol. The van der Waals surface area contributed by atoms with Crippen LogP contribution in [0, 0.1) is 0 Å². The topological polar surface area (TPSA) is 107 Å². The summed E-state index contributed by atoms with van der Waals surface area (Å²) in [4.78, 5) is 42.6. The van der Waals surface area contributed by atoms with Gasteiger partial charge in [-0.25, -0.2) is 4.79 Å². The van der Waals surface area contributed by atoms with E-state index in [1.54, 1.807) is 69.1 Å². The van der Waals surface area contributed by atoms with Gasteiger partial charge in [0.15, 0.2) is 11.5 Å². The van der Waals surface area contributed by atoms with Crippen LogP contribution in [0.5, 0.6) is 11.5 Å². The van der Waals surface area contributed by atoms with Gasteiger partial charge in [0.2, 0.25) is 5.91 Å². The molecule has 3 atom stereocenters. The van der Waals surface area contributed by atoms with Gasteiger partial charge in [-0.3, -0.25) is 9.59 Å². The van der Waals surface area contributed by atoms with E-state index in [1.165, 1.54) is 0 Å². The van der Waals surface area contributed by atoms with Gasteiger partial charge in [0, 0.05) is 23.8 Å². The number of hydrogen-bond acceptors (Lipinski definition) is 7. The van der Waals surface area contributed by atoms with Crippen molar-refractivity contribution in [3.63, 3.8) is 0 Å². The summed E-state index contributed by atoms with van der Waals surface area (Å²) >= 11 is 5.93. The van der Waals surface area contributed by atoms with Crippen molar-refractivity contribution < 1.29 is 33.3 Å². The van der Waals surface area contributed by atoms with Crippen LogP contribution in [0.3, 0.4) is 0 Å². The minimum Gasteiger partial charge on any atom is -0.493 e. The number of nitrogens with zero attached hydrogens (tertiary/aromatic N) is 2. The van der Waals surface area contributed by atoms with Gasteiger partial charge in [-0.15, -0.1) is 0 Å². The van der Waals surface area contributed by atoms with Crippen LogP contribution in [0.4, 0.5) is 10.5 Å². The smallest absolute Gasteiger partial charge is 0.410 e. The van der Waals surface area contributed by atoms with Gasteiger partial charge in [0.1, 0.15) is 11.7 Å². The van der Waals surface area contributed by atoms with Crippen molar-refractivity contribution in [1.29, 1.82) is 0 Å². The predicted octanol–water partition coefficient (Wildman–Crippen LogP) is 4.14. The van der Waals surface area contributed by atoms with E-state index in [0.29, 0.717) is 35.2 Å². The lowest BCUT2D eigenvalue weighted by molar-refractivity contribution is -0.168. The molecule has 2 saturated heterocycles. The van der Waals surface area contributed by atoms with Gasteiger partial charge in [-0.05, 0) is 69.2 Å². The number of morpholine rings is 1. The molecule has 0 aliphatic carbocycles. The third kappa shape index (κ3) is 7.17. The average molecular weight is 574 g/mol. The molecule has 216 valence electrons. The zero-order chi connectivity index (χ0) is 29.0. The fourth-order valence-electron chi connectivity index (χ4n) is 4.89. The highest BCUT2D eigenvalue weighted by atomic mass is 35.5. The Morgan fingerprint density at radius 3 is 2.40 bits per heavy atom. The van der Waals surface area contributed by atoms with Gasteiger partial charge in [-0.1, -0.05) is 17.7 Å². The van der Waals surface area contributed by atoms with Crippen molar-refractivity contribution in [2.24, 2.45) is 0 Å². The molecule has 3 amide bonds. The zero-order valence-corrected chi connectivity index (χ0v) is 24.2. The standard InChI is InChI=1S/C29H36ClN3O7/c1-29(2,3)40-28(36)32-16-21-25(17-32)39-24(15-26(34)31-20-9-7-19(30)8-10-20)27(35)33(21)13-12-18-6-11-22(37-4)23(14-18)38-5/h6-11,14,21,24-25H,12-13,15-17H2,1-5H3,(H,31,34). The first-order valence-electron chi connectivity index (χ1n) is 13.2. The van der Waals surface area contributed by atoms with Gasteiger partial charge in [0.25, 0.3) is 5.91 Å². The molecule has 3 unspecified atom stereocenters. The Bertz CT molecular complexity index is 1230. The number of carbonyl (C=O) groups excluding carboxylic acids is 3. The molecule has 11 heteroatoms. The number of nitrogens with one attached hydrogen (secondary N) is 1. The van der Waals surface area contributed by atoms with Crippen molar-refractivity contribution in [3.8, 4) is 11.5 Å². The Morgan fingerprint density at radius 1 is 1.05 bits per heavy atom. The maximum Gasteiger partial charge on any atom is 0.410 e. The summed E-state index contributed by atoms with van der Waals surface area (Å²) in [5.41, 5.74) is 0.863. The lowest BCUT2D eigenvalue weighted by Crippen LogP contribution is -2.59. The second-order valence-corrected chi connectivity index (χ2v) is 11.3. The molecule has 40 heavy (non-hydrogen) atoms. The van der Waals surface area contributed by atoms with Crippen LogP contribution in [0.15, 0.2) is 42.5 Å². The number of methoxy groups -OCH3 is 2. The Kier molecular flexibility index (Phi) is 9.10. The number of halogens is 1. The van der Waals surface area contributed by atoms with Crippen molar-refractivity contribution >= 4 is 35.2 Å². The maximum atomic E-state index is 13.7. The first kappa shape index (κ1) is 29.5. The molecule has 0 spiro atoms. The number of amides is 3. The minimum atomic E-state index is -0.988. The van der Waals surface area contributed by atoms with Crippen molar-refractivity contribution in [1.82, 2.24) is 9.80 Å². The second kappa shape index (κ2) is 12.3. The predicted molar refractivity (Wildman–Crippen MR) is 150 cm³/mol. The normalized spacial score (nSPS) is 20.6. The molecular formula is C29H36ClN3O7. The highest BCUT2D eigenvalue weighted by molar-refractivity contribution is 6.30. The summed E-state index contributed by atoms with van der Waals surface area (Å²) in [5, 5.41) is 3.34. The van der Waals surface area contributed by atoms with Crippen molar-refractivity contribution in [2.45, 2.75) is 57.5 Å². The largest absolute Gasteiger partial charge is 0.493 e. The molecule has 2 aromatic rings. The van der Waals surface area contributed by atoms with Gasteiger partial charge >= 0.3 is 6.09 Å². The van der Waals surface area contributed by atoms with Crippen LogP contribution >= 0.6 is 11.6 Å². The Labute approximate surface area is 239 Å². The molecule has 4 rings (SSSR count). The van der Waals surface area contributed by atoms with Crippen LogP contribution in [-0.2, 0) is 25.5 Å². The molecule has 2 aromatic carbocycles. The number of likely N-dealkylation sites (tertiary alicyclic amines) is 1. The highest BCUT2D eigenvalue weighted by Gasteiger charge is 2.49. The van der Waals surface area contributed by atoms with Gasteiger partial charge in [-0.2, -0.15) is 0 Å². The molecule has 1 N–H and O–H groups in total. The summed E-state index contributed by atoms with van der Waals surface area (Å²) in [6.45, 7) is 6.32. The Morgan fingerprint density at radius 2 is 1.75 bits per heavy atom. The summed E-state index contributed by atoms with van der Waals surface area (Å²) in [7, 11) is 3.14. The van der Waals surface area contributed by atoms with E-state index >= 15 is 0 Å². The van der Waals surface area contributed by atoms with E-state index in [4.69, 9.17) is 30.5 Å². The van der Waals surface area contributed by atoms with Crippen molar-refractivity contribution in [2.75, 3.05) is 39.2 Å². The lowest BCUT2D eigenvalue weighted by Gasteiger charge is -2.40. The SMILES string of the molecule is COc1ccc(CCN2C(=O)C(CC(=O)Nc3ccc(Cl)cc3)OC3CN(C(=O)OC(C)(C)C)CC32)cc1OC. The van der Waals surface area contributed by atoms with Crippen LogP contribution in [-0.4, -0.2) is 85.4 Å². The molecule has 10 nitrogen and oxygen atoms in total. The number of fused-ring (bicyclic) bond motifs is 1. The quantitative estimate of drug-likeness (QED) is 0.506. The molecule has 2 aliphatic rings. The summed E-state index contributed by atoms with van der Waals surface area (Å²) in [6, 6.07) is 12.0. The molecule has 2 heterocycles. The highest BCUT2D eigenvalue weighted by Crippen LogP contribution is 2.31. The van der Waals surface area contributed by atoms with E-state index in [0.717, 1.165) is 5.56 Å². The first-order valence-corrected chi connectivity index (χ1v) is 13.6. The van der Waals surface area contributed by atoms with Crippen molar-refractivity contribution in [3.05, 3.63) is 53.1 Å². The monoisotopic (exact) mass is 573 g/mol. The lowest BCUT2D eigenvalue weighted by atomic mass is 10.0. The zero-order valence-electron chi connectivity index (χ0n) is 23.4. The molecule has 2 fully saturated rings. The van der Waals surface area contributed by atoms with Crippen LogP contribution in [0.1, 0.15) is 32.8 Å². The average Bonchev–Trinajstić information content (AvgIpc) is 3.33. The molecule has 0 aromatic heterocycles. The van der Waals surface area contributed by atoms with E-state index in [2.05, 4.69) is 5.32 Å². The number of benzene rings is 2. The van der Waals surface area contributed by atoms with Gasteiger partial charge < -0.3 is 34.1 Å². The molecule has 0 bridgehead atoms. The minimum absolute atomic E-state index is 0.163. The number of anilines is 1. The van der Waals surface area contributed by atoms with E-state index in [9.17, 15) is 14.4 Å². The third-order valence-electron chi connectivity index (χ3n) is 6.77. The number of ether oxygens (including phenoxy) is 4. The van der Waals surface area contributed by atoms with E-state index in [-0.39, 0.29) is 37.4 Å². The van der Waals surface area contributed by atoms with E-state index in [1.807, 2.05) is 18.2 Å². The fraction of sp³-hybridized carbons (Fsp3) is 0.483. The Hall–Kier alpha value is -3.50. The first-order chi connectivity index (χ1) is 19.0. The van der Waals surface area contributed by atoms with Crippen LogP contribution in [0.2, 0.25) is 5.02 Å². The third-order valence-corrected chi connectivity index (χ3v) is 7.03. The molecule has 0 radical (unpaired) electrons. The molecule has 0 saturated carbocycles. The maximum absolute atomic E-state index is 13.7.